The van der Waals surface area contributed by atoms with Gasteiger partial charge in [-0.1, -0.05) is 0 Å². The first kappa shape index (κ1) is 18.4. The van der Waals surface area contributed by atoms with Crippen molar-refractivity contribution in [1.82, 2.24) is 10.2 Å². The zero-order valence-electron chi connectivity index (χ0n) is 14.0. The number of methoxy groups -OCH3 is 1. The summed E-state index contributed by atoms with van der Waals surface area (Å²) in [6, 6.07) is 6.63. The van der Waals surface area contributed by atoms with E-state index in [1.165, 1.54) is 7.11 Å². The third-order valence-corrected chi connectivity index (χ3v) is 3.83. The molecular weight excluding hydrogens is 310 g/mol. The number of nitrogens with zero attached hydrogens (tertiary/aromatic N) is 1. The van der Waals surface area contributed by atoms with Gasteiger partial charge in [0.15, 0.2) is 0 Å². The number of nitrogens with one attached hydrogen (secondary N) is 2. The van der Waals surface area contributed by atoms with Gasteiger partial charge in [-0.25, -0.2) is 4.79 Å². The van der Waals surface area contributed by atoms with Crippen LogP contribution in [0.15, 0.2) is 24.3 Å². The summed E-state index contributed by atoms with van der Waals surface area (Å²) in [5, 5.41) is 6.08. The minimum atomic E-state index is -0.391. The third-order valence-electron chi connectivity index (χ3n) is 3.83. The molecular formula is C17H25N3O4. The van der Waals surface area contributed by atoms with Gasteiger partial charge < -0.3 is 20.1 Å². The predicted octanol–water partition coefficient (Wildman–Crippen LogP) is 0.724. The minimum Gasteiger partial charge on any atom is -0.465 e. The first-order valence-electron chi connectivity index (χ1n) is 8.18. The van der Waals surface area contributed by atoms with E-state index in [0.29, 0.717) is 24.2 Å². The van der Waals surface area contributed by atoms with E-state index in [9.17, 15) is 9.59 Å². The van der Waals surface area contributed by atoms with E-state index in [2.05, 4.69) is 20.3 Å². The number of esters is 1. The molecule has 1 aromatic carbocycles. The van der Waals surface area contributed by atoms with Crippen molar-refractivity contribution in [3.63, 3.8) is 0 Å². The van der Waals surface area contributed by atoms with E-state index in [-0.39, 0.29) is 5.91 Å². The molecule has 1 aliphatic heterocycles. The second-order valence-electron chi connectivity index (χ2n) is 5.57. The number of amides is 1. The van der Waals surface area contributed by atoms with Gasteiger partial charge in [-0.2, -0.15) is 0 Å². The fourth-order valence-electron chi connectivity index (χ4n) is 2.42. The summed E-state index contributed by atoms with van der Waals surface area (Å²) < 4.78 is 9.93. The van der Waals surface area contributed by atoms with E-state index >= 15 is 0 Å². The number of hydrogen-bond donors (Lipinski definition) is 2. The van der Waals surface area contributed by atoms with Crippen LogP contribution in [0.25, 0.3) is 0 Å². The minimum absolute atomic E-state index is 0.0558. The SMILES string of the molecule is COC(=O)c1ccc(NC(=O)CCNCCN2CCOCC2)cc1. The van der Waals surface area contributed by atoms with Gasteiger partial charge in [0.1, 0.15) is 0 Å². The Bertz CT molecular complexity index is 527. The molecule has 1 aliphatic rings. The van der Waals surface area contributed by atoms with Crippen LogP contribution in [0.4, 0.5) is 5.69 Å². The van der Waals surface area contributed by atoms with E-state index in [1.807, 2.05) is 0 Å². The third kappa shape index (κ3) is 6.27. The van der Waals surface area contributed by atoms with Crippen molar-refractivity contribution in [2.75, 3.05) is 58.4 Å². The molecule has 1 saturated heterocycles. The molecule has 0 aromatic heterocycles. The number of hydrogen-bond acceptors (Lipinski definition) is 6. The van der Waals surface area contributed by atoms with Crippen LogP contribution in [0.1, 0.15) is 16.8 Å². The van der Waals surface area contributed by atoms with Crippen LogP contribution in [0.5, 0.6) is 0 Å². The number of carbonyl (C=O) groups is 2. The van der Waals surface area contributed by atoms with Gasteiger partial charge in [0.25, 0.3) is 0 Å². The second kappa shape index (κ2) is 10.0. The van der Waals surface area contributed by atoms with Crippen LogP contribution in [-0.2, 0) is 14.3 Å². The topological polar surface area (TPSA) is 79.9 Å². The van der Waals surface area contributed by atoms with Gasteiger partial charge in [0.05, 0.1) is 25.9 Å². The Hall–Kier alpha value is -1.96. The van der Waals surface area contributed by atoms with Crippen molar-refractivity contribution >= 4 is 17.6 Å². The molecule has 0 saturated carbocycles. The van der Waals surface area contributed by atoms with Crippen LogP contribution in [0, 0.1) is 0 Å². The lowest BCUT2D eigenvalue weighted by atomic mass is 10.2. The molecule has 0 atom stereocenters. The Kier molecular flexibility index (Phi) is 7.67. The first-order valence-corrected chi connectivity index (χ1v) is 8.18. The molecule has 0 spiro atoms. The Balaban J connectivity index is 1.59. The Morgan fingerprint density at radius 1 is 1.17 bits per heavy atom. The lowest BCUT2D eigenvalue weighted by Crippen LogP contribution is -2.40. The molecule has 0 aliphatic carbocycles. The van der Waals surface area contributed by atoms with E-state index < -0.39 is 5.97 Å². The van der Waals surface area contributed by atoms with Gasteiger partial charge >= 0.3 is 5.97 Å². The summed E-state index contributed by atoms with van der Waals surface area (Å²) in [4.78, 5) is 25.6. The standard InChI is InChI=1S/C17H25N3O4/c1-23-17(22)14-2-4-15(5-3-14)19-16(21)6-7-18-8-9-20-10-12-24-13-11-20/h2-5,18H,6-13H2,1H3,(H,19,21). The number of ether oxygens (including phenoxy) is 2. The van der Waals surface area contributed by atoms with Crippen LogP contribution in [-0.4, -0.2) is 69.8 Å². The molecule has 132 valence electrons. The highest BCUT2D eigenvalue weighted by Gasteiger charge is 2.09. The molecule has 0 radical (unpaired) electrons. The average molecular weight is 335 g/mol. The van der Waals surface area contributed by atoms with Crippen molar-refractivity contribution in [3.8, 4) is 0 Å². The molecule has 1 heterocycles. The highest BCUT2D eigenvalue weighted by atomic mass is 16.5. The van der Waals surface area contributed by atoms with Crippen molar-refractivity contribution in [3.05, 3.63) is 29.8 Å². The summed E-state index contributed by atoms with van der Waals surface area (Å²) in [5.74, 6) is -0.447. The Labute approximate surface area is 142 Å². The lowest BCUT2D eigenvalue weighted by Gasteiger charge is -2.26. The maximum absolute atomic E-state index is 11.9. The van der Waals surface area contributed by atoms with E-state index in [0.717, 1.165) is 39.4 Å². The summed E-state index contributed by atoms with van der Waals surface area (Å²) in [6.45, 7) is 6.03. The number of carbonyl (C=O) groups excluding carboxylic acids is 2. The van der Waals surface area contributed by atoms with Gasteiger partial charge in [-0.3, -0.25) is 9.69 Å². The predicted molar refractivity (Wildman–Crippen MR) is 91.2 cm³/mol. The molecule has 24 heavy (non-hydrogen) atoms. The molecule has 2 N–H and O–H groups in total. The number of anilines is 1. The van der Waals surface area contributed by atoms with Gasteiger partial charge in [0, 0.05) is 44.8 Å². The maximum Gasteiger partial charge on any atom is 0.337 e. The molecule has 0 unspecified atom stereocenters. The molecule has 7 heteroatoms. The fourth-order valence-corrected chi connectivity index (χ4v) is 2.42. The highest BCUT2D eigenvalue weighted by molar-refractivity contribution is 5.93. The van der Waals surface area contributed by atoms with Crippen LogP contribution in [0.3, 0.4) is 0 Å². The largest absolute Gasteiger partial charge is 0.465 e. The van der Waals surface area contributed by atoms with E-state index in [4.69, 9.17) is 4.74 Å². The average Bonchev–Trinajstić information content (AvgIpc) is 2.62. The maximum atomic E-state index is 11.9. The monoisotopic (exact) mass is 335 g/mol. The number of morpholine rings is 1. The van der Waals surface area contributed by atoms with Crippen molar-refractivity contribution in [2.45, 2.75) is 6.42 Å². The van der Waals surface area contributed by atoms with E-state index in [1.54, 1.807) is 24.3 Å². The lowest BCUT2D eigenvalue weighted by molar-refractivity contribution is -0.116. The zero-order chi connectivity index (χ0) is 17.2. The molecule has 7 nitrogen and oxygen atoms in total. The molecule has 0 bridgehead atoms. The summed E-state index contributed by atoms with van der Waals surface area (Å²) in [5.41, 5.74) is 1.13. The number of rotatable bonds is 8. The number of benzene rings is 1. The Morgan fingerprint density at radius 3 is 2.54 bits per heavy atom. The molecule has 2 rings (SSSR count). The van der Waals surface area contributed by atoms with Crippen LogP contribution in [0.2, 0.25) is 0 Å². The fraction of sp³-hybridized carbons (Fsp3) is 0.529. The summed E-state index contributed by atoms with van der Waals surface area (Å²) in [7, 11) is 1.34. The molecule has 1 aromatic rings. The second-order valence-corrected chi connectivity index (χ2v) is 5.57. The smallest absolute Gasteiger partial charge is 0.337 e. The van der Waals surface area contributed by atoms with Crippen molar-refractivity contribution < 1.29 is 19.1 Å². The molecule has 1 amide bonds. The summed E-state index contributed by atoms with van der Waals surface area (Å²) in [6.07, 6.45) is 0.405. The van der Waals surface area contributed by atoms with Gasteiger partial charge in [0.2, 0.25) is 5.91 Å². The summed E-state index contributed by atoms with van der Waals surface area (Å²) >= 11 is 0. The quantitative estimate of drug-likeness (QED) is 0.538. The van der Waals surface area contributed by atoms with Crippen LogP contribution >= 0.6 is 0 Å². The zero-order valence-corrected chi connectivity index (χ0v) is 14.0. The van der Waals surface area contributed by atoms with Crippen molar-refractivity contribution in [1.29, 1.82) is 0 Å². The normalized spacial score (nSPS) is 15.0. The Morgan fingerprint density at radius 2 is 1.88 bits per heavy atom. The van der Waals surface area contributed by atoms with Crippen molar-refractivity contribution in [2.24, 2.45) is 0 Å². The van der Waals surface area contributed by atoms with Gasteiger partial charge in [-0.15, -0.1) is 0 Å². The molecule has 1 fully saturated rings. The van der Waals surface area contributed by atoms with Gasteiger partial charge in [-0.05, 0) is 24.3 Å². The van der Waals surface area contributed by atoms with Crippen LogP contribution < -0.4 is 10.6 Å². The first-order chi connectivity index (χ1) is 11.7. The highest BCUT2D eigenvalue weighted by Crippen LogP contribution is 2.10.